The first-order valence-corrected chi connectivity index (χ1v) is 11.7. The number of fused-ring (bicyclic) bond motifs is 1. The fourth-order valence-electron chi connectivity index (χ4n) is 4.75. The minimum atomic E-state index is -4.44. The van der Waals surface area contributed by atoms with Gasteiger partial charge in [-0.2, -0.15) is 23.3 Å². The van der Waals surface area contributed by atoms with E-state index in [1.54, 1.807) is 6.20 Å². The molecule has 0 bridgehead atoms. The molecule has 3 aromatic rings. The second kappa shape index (κ2) is 8.75. The van der Waals surface area contributed by atoms with E-state index in [0.717, 1.165) is 23.6 Å². The number of nitrogens with zero attached hydrogens (tertiary/aromatic N) is 6. The lowest BCUT2D eigenvalue weighted by Gasteiger charge is -2.36. The molecule has 0 radical (unpaired) electrons. The third-order valence-electron chi connectivity index (χ3n) is 6.68. The fourth-order valence-corrected chi connectivity index (χ4v) is 4.75. The lowest BCUT2D eigenvalue weighted by Crippen LogP contribution is -2.49. The molecular weight excluding hydrogens is 473 g/mol. The van der Waals surface area contributed by atoms with Crippen LogP contribution in [0.15, 0.2) is 30.7 Å². The summed E-state index contributed by atoms with van der Waals surface area (Å²) in [5, 5.41) is 10.6. The first-order valence-electron chi connectivity index (χ1n) is 11.7. The molecule has 1 unspecified atom stereocenters. The van der Waals surface area contributed by atoms with Gasteiger partial charge in [0.15, 0.2) is 5.82 Å². The number of hydrogen-bond acceptors (Lipinski definition) is 7. The van der Waals surface area contributed by atoms with E-state index in [9.17, 15) is 18.0 Å². The highest BCUT2D eigenvalue weighted by Gasteiger charge is 2.41. The number of aromatic nitrogens is 5. The monoisotopic (exact) mass is 500 g/mol. The van der Waals surface area contributed by atoms with Crippen LogP contribution < -0.4 is 15.5 Å². The maximum atomic E-state index is 12.8. The van der Waals surface area contributed by atoms with Gasteiger partial charge in [-0.1, -0.05) is 19.9 Å². The number of nitrogens with one attached hydrogen (secondary N) is 2. The Bertz CT molecular complexity index is 1290. The van der Waals surface area contributed by atoms with Crippen LogP contribution in [0.2, 0.25) is 0 Å². The van der Waals surface area contributed by atoms with E-state index in [2.05, 4.69) is 30.7 Å². The van der Waals surface area contributed by atoms with Crippen molar-refractivity contribution >= 4 is 23.4 Å². The summed E-state index contributed by atoms with van der Waals surface area (Å²) in [5.74, 6) is 1.26. The van der Waals surface area contributed by atoms with E-state index < -0.39 is 11.9 Å². The van der Waals surface area contributed by atoms with Gasteiger partial charge in [0.25, 0.3) is 0 Å². The Morgan fingerprint density at radius 2 is 2.00 bits per heavy atom. The Hall–Kier alpha value is -3.70. The minimum Gasteiger partial charge on any atom is -0.350 e. The van der Waals surface area contributed by atoms with E-state index >= 15 is 0 Å². The van der Waals surface area contributed by atoms with Crippen molar-refractivity contribution in [2.24, 2.45) is 5.92 Å². The molecule has 3 atom stereocenters. The largest absolute Gasteiger partial charge is 0.433 e. The van der Waals surface area contributed by atoms with Gasteiger partial charge >= 0.3 is 6.18 Å². The summed E-state index contributed by atoms with van der Waals surface area (Å²) in [6, 6.07) is 2.29. The van der Waals surface area contributed by atoms with E-state index in [1.165, 1.54) is 12.3 Å². The van der Waals surface area contributed by atoms with Crippen LogP contribution in [0, 0.1) is 12.8 Å². The summed E-state index contributed by atoms with van der Waals surface area (Å²) in [7, 11) is 1.86. The van der Waals surface area contributed by atoms with Crippen molar-refractivity contribution < 1.29 is 18.0 Å². The average Bonchev–Trinajstić information content (AvgIpc) is 3.47. The Labute approximate surface area is 206 Å². The minimum absolute atomic E-state index is 0.0646. The third-order valence-corrected chi connectivity index (χ3v) is 6.68. The maximum Gasteiger partial charge on any atom is 0.433 e. The van der Waals surface area contributed by atoms with Crippen LogP contribution in [-0.4, -0.2) is 43.7 Å². The average molecular weight is 501 g/mol. The summed E-state index contributed by atoms with van der Waals surface area (Å²) >= 11 is 0. The smallest absolute Gasteiger partial charge is 0.350 e. The van der Waals surface area contributed by atoms with Crippen LogP contribution in [0.25, 0.3) is 0 Å². The number of likely N-dealkylation sites (N-methyl/N-ethyl adjacent to an activating group) is 1. The number of carbonyl (C=O) groups excluding carboxylic acids is 1. The molecule has 0 spiro atoms. The molecule has 2 aliphatic rings. The van der Waals surface area contributed by atoms with Crippen molar-refractivity contribution in [2.75, 3.05) is 22.6 Å². The Balaban J connectivity index is 1.24. The normalized spacial score (nSPS) is 21.4. The summed E-state index contributed by atoms with van der Waals surface area (Å²) < 4.78 is 40.1. The van der Waals surface area contributed by atoms with Gasteiger partial charge in [0.2, 0.25) is 11.9 Å². The number of alkyl halides is 3. The topological polar surface area (TPSA) is 101 Å². The number of anilines is 3. The molecule has 190 valence electrons. The molecule has 1 aliphatic heterocycles. The van der Waals surface area contributed by atoms with Gasteiger partial charge in [0, 0.05) is 37.5 Å². The highest BCUT2D eigenvalue weighted by molar-refractivity contribution is 6.03. The van der Waals surface area contributed by atoms with Gasteiger partial charge < -0.3 is 15.5 Å². The number of halogens is 3. The van der Waals surface area contributed by atoms with Crippen molar-refractivity contribution in [1.29, 1.82) is 0 Å². The molecular formula is C24H27F3N8O. The van der Waals surface area contributed by atoms with Crippen LogP contribution in [0.5, 0.6) is 0 Å². The van der Waals surface area contributed by atoms with Gasteiger partial charge in [-0.3, -0.25) is 14.5 Å². The van der Waals surface area contributed by atoms with E-state index in [1.807, 2.05) is 43.6 Å². The van der Waals surface area contributed by atoms with Crippen molar-refractivity contribution in [3.63, 3.8) is 0 Å². The molecule has 4 heterocycles. The molecule has 3 aromatic heterocycles. The molecule has 1 amide bonds. The third kappa shape index (κ3) is 4.47. The number of pyridine rings is 1. The van der Waals surface area contributed by atoms with Gasteiger partial charge in [0.1, 0.15) is 17.4 Å². The van der Waals surface area contributed by atoms with Crippen LogP contribution in [0.3, 0.4) is 0 Å². The number of carbonyl (C=O) groups is 1. The first kappa shape index (κ1) is 24.0. The second-order valence-electron chi connectivity index (χ2n) is 9.69. The second-order valence-corrected chi connectivity index (χ2v) is 9.69. The summed E-state index contributed by atoms with van der Waals surface area (Å²) in [5.41, 5.74) is 2.11. The molecule has 1 aliphatic carbocycles. The van der Waals surface area contributed by atoms with Gasteiger partial charge in [0.05, 0.1) is 17.9 Å². The number of hydrogen-bond donors (Lipinski definition) is 2. The van der Waals surface area contributed by atoms with Crippen molar-refractivity contribution in [1.82, 2.24) is 24.7 Å². The lowest BCUT2D eigenvalue weighted by atomic mass is 9.99. The van der Waals surface area contributed by atoms with Gasteiger partial charge in [-0.15, -0.1) is 0 Å². The summed E-state index contributed by atoms with van der Waals surface area (Å²) in [4.78, 5) is 27.1. The highest BCUT2D eigenvalue weighted by atomic mass is 19.4. The molecule has 0 saturated heterocycles. The molecule has 0 aromatic carbocycles. The van der Waals surface area contributed by atoms with Gasteiger partial charge in [-0.05, 0) is 30.9 Å². The van der Waals surface area contributed by atoms with Crippen molar-refractivity contribution in [2.45, 2.75) is 57.9 Å². The molecule has 12 heteroatoms. The molecule has 2 N–H and O–H groups in total. The standard InChI is InChI=1S/C24H27F3N8O/c1-12(2)20-22(36)32-19-13(3)31-23(33-21(19)34(20)4)29-8-14-9-30-35(11-14)17-7-16(17)15-5-6-18(28-10-15)24(25,26)27/h5-6,9-12,16-17,20H,7-8H2,1-4H3,(H,32,36)(H,29,31,33)/t16-,17+,20?/m0/s1. The quantitative estimate of drug-likeness (QED) is 0.524. The molecule has 5 rings (SSSR count). The Kier molecular flexibility index (Phi) is 5.84. The molecule has 1 fully saturated rings. The lowest BCUT2D eigenvalue weighted by molar-refractivity contribution is -0.141. The van der Waals surface area contributed by atoms with Crippen LogP contribution >= 0.6 is 0 Å². The fraction of sp³-hybridized carbons (Fsp3) is 0.458. The first-order chi connectivity index (χ1) is 17.0. The SMILES string of the molecule is Cc1nc(NCc2cnn([C@@H]3C[C@H]3c3ccc(C(F)(F)F)nc3)c2)nc2c1NC(=O)C(C(C)C)N2C. The zero-order valence-corrected chi connectivity index (χ0v) is 20.3. The molecule has 36 heavy (non-hydrogen) atoms. The predicted octanol–water partition coefficient (Wildman–Crippen LogP) is 4.15. The van der Waals surface area contributed by atoms with E-state index in [4.69, 9.17) is 0 Å². The van der Waals surface area contributed by atoms with E-state index in [0.29, 0.717) is 29.7 Å². The van der Waals surface area contributed by atoms with Crippen LogP contribution in [-0.2, 0) is 17.5 Å². The van der Waals surface area contributed by atoms with Crippen LogP contribution in [0.1, 0.15) is 54.7 Å². The maximum absolute atomic E-state index is 12.8. The number of rotatable bonds is 6. The summed E-state index contributed by atoms with van der Waals surface area (Å²) in [6.07, 6.45) is 1.33. The number of aryl methyl sites for hydroxylation is 1. The Morgan fingerprint density at radius 3 is 2.67 bits per heavy atom. The molecule has 9 nitrogen and oxygen atoms in total. The van der Waals surface area contributed by atoms with Crippen molar-refractivity contribution in [3.8, 4) is 0 Å². The zero-order chi connectivity index (χ0) is 25.8. The van der Waals surface area contributed by atoms with Crippen molar-refractivity contribution in [3.05, 3.63) is 53.2 Å². The highest BCUT2D eigenvalue weighted by Crippen LogP contribution is 2.51. The summed E-state index contributed by atoms with van der Waals surface area (Å²) in [6.45, 7) is 6.27. The predicted molar refractivity (Wildman–Crippen MR) is 128 cm³/mol. The van der Waals surface area contributed by atoms with Crippen LogP contribution in [0.4, 0.5) is 30.6 Å². The number of amides is 1. The molecule has 1 saturated carbocycles. The Morgan fingerprint density at radius 1 is 1.22 bits per heavy atom. The van der Waals surface area contributed by atoms with Gasteiger partial charge in [-0.25, -0.2) is 4.98 Å². The van der Waals surface area contributed by atoms with E-state index in [-0.39, 0.29) is 29.8 Å². The zero-order valence-electron chi connectivity index (χ0n) is 20.3.